The number of amides is 1. The number of pyridine rings is 1. The number of anilines is 1. The number of hydrogen-bond acceptors (Lipinski definition) is 5. The molecule has 6 rings (SSSR count). The predicted octanol–water partition coefficient (Wildman–Crippen LogP) is 5.77. The fraction of sp³-hybridized carbons (Fsp3) is 0.200. The first-order valence-electron chi connectivity index (χ1n) is 12.4. The molecule has 3 aromatic carbocycles. The summed E-state index contributed by atoms with van der Waals surface area (Å²) in [6.07, 6.45) is -0.645. The lowest BCUT2D eigenvalue weighted by Crippen LogP contribution is -2.24. The van der Waals surface area contributed by atoms with Gasteiger partial charge in [-0.25, -0.2) is 13.8 Å². The lowest BCUT2D eigenvalue weighted by Gasteiger charge is -2.18. The van der Waals surface area contributed by atoms with E-state index in [0.717, 1.165) is 33.9 Å². The van der Waals surface area contributed by atoms with E-state index in [2.05, 4.69) is 10.3 Å². The molecule has 0 aliphatic carbocycles. The van der Waals surface area contributed by atoms with E-state index in [0.29, 0.717) is 35.0 Å². The number of rotatable bonds is 6. The minimum absolute atomic E-state index is 0.197. The highest BCUT2D eigenvalue weighted by atomic mass is 19.2. The van der Waals surface area contributed by atoms with Crippen LogP contribution >= 0.6 is 0 Å². The Kier molecular flexibility index (Phi) is 5.84. The number of carbonyl (C=O) groups is 1. The van der Waals surface area contributed by atoms with Gasteiger partial charge in [0.25, 0.3) is 5.91 Å². The van der Waals surface area contributed by atoms with Crippen molar-refractivity contribution < 1.29 is 23.0 Å². The molecule has 3 N–H and O–H groups in total. The molecular formula is C30H25F2N3O3. The molecule has 1 amide bonds. The van der Waals surface area contributed by atoms with E-state index in [-0.39, 0.29) is 30.2 Å². The van der Waals surface area contributed by atoms with Gasteiger partial charge in [0.15, 0.2) is 11.6 Å². The Hall–Kier alpha value is -4.30. The summed E-state index contributed by atoms with van der Waals surface area (Å²) in [6, 6.07) is 16.9. The van der Waals surface area contributed by atoms with Crippen LogP contribution in [-0.4, -0.2) is 17.5 Å². The Morgan fingerprint density at radius 3 is 2.55 bits per heavy atom. The third kappa shape index (κ3) is 3.88. The molecule has 2 unspecified atom stereocenters. The van der Waals surface area contributed by atoms with Crippen LogP contribution < -0.4 is 15.8 Å². The fourth-order valence-corrected chi connectivity index (χ4v) is 5.34. The number of benzene rings is 3. The van der Waals surface area contributed by atoms with Crippen molar-refractivity contribution in [3.63, 3.8) is 0 Å². The zero-order chi connectivity index (χ0) is 26.6. The van der Waals surface area contributed by atoms with Gasteiger partial charge >= 0.3 is 0 Å². The third-order valence-corrected chi connectivity index (χ3v) is 7.14. The minimum Gasteiger partial charge on any atom is -0.493 e. The molecule has 8 heteroatoms. The van der Waals surface area contributed by atoms with Crippen LogP contribution in [0, 0.1) is 18.6 Å². The summed E-state index contributed by atoms with van der Waals surface area (Å²) < 4.78 is 40.2. The summed E-state index contributed by atoms with van der Waals surface area (Å²) in [5, 5.41) is 2.95. The average Bonchev–Trinajstić information content (AvgIpc) is 3.46. The lowest BCUT2D eigenvalue weighted by atomic mass is 9.83. The van der Waals surface area contributed by atoms with Gasteiger partial charge in [-0.2, -0.15) is 0 Å². The Morgan fingerprint density at radius 2 is 1.76 bits per heavy atom. The number of aromatic nitrogens is 1. The quantitative estimate of drug-likeness (QED) is 0.342. The lowest BCUT2D eigenvalue weighted by molar-refractivity contribution is 0.0857. The molecule has 38 heavy (non-hydrogen) atoms. The average molecular weight is 514 g/mol. The molecule has 192 valence electrons. The first-order chi connectivity index (χ1) is 18.4. The molecule has 0 fully saturated rings. The number of nitrogens with two attached hydrogens (primary N) is 1. The highest BCUT2D eigenvalue weighted by molar-refractivity contribution is 5.94. The van der Waals surface area contributed by atoms with E-state index in [1.165, 1.54) is 6.07 Å². The van der Waals surface area contributed by atoms with Gasteiger partial charge in [-0.3, -0.25) is 4.79 Å². The largest absolute Gasteiger partial charge is 0.493 e. The topological polar surface area (TPSA) is 86.5 Å². The van der Waals surface area contributed by atoms with E-state index >= 15 is 0 Å². The van der Waals surface area contributed by atoms with E-state index < -0.39 is 11.6 Å². The van der Waals surface area contributed by atoms with Crippen molar-refractivity contribution >= 4 is 11.7 Å². The fourth-order valence-electron chi connectivity index (χ4n) is 5.34. The Labute approximate surface area is 218 Å². The second-order valence-electron chi connectivity index (χ2n) is 9.41. The van der Waals surface area contributed by atoms with Crippen molar-refractivity contribution in [2.24, 2.45) is 0 Å². The number of ether oxygens (including phenoxy) is 2. The predicted molar refractivity (Wildman–Crippen MR) is 139 cm³/mol. The van der Waals surface area contributed by atoms with Crippen LogP contribution in [0.15, 0.2) is 60.7 Å². The molecule has 2 bridgehead atoms. The van der Waals surface area contributed by atoms with Gasteiger partial charge in [-0.05, 0) is 65.9 Å². The molecule has 2 aliphatic rings. The van der Waals surface area contributed by atoms with Gasteiger partial charge in [-0.1, -0.05) is 30.3 Å². The first kappa shape index (κ1) is 24.1. The molecule has 0 radical (unpaired) electrons. The summed E-state index contributed by atoms with van der Waals surface area (Å²) in [5.74, 6) is -1.06. The van der Waals surface area contributed by atoms with Gasteiger partial charge in [0.2, 0.25) is 0 Å². The summed E-state index contributed by atoms with van der Waals surface area (Å²) >= 11 is 0. The van der Waals surface area contributed by atoms with Crippen LogP contribution in [0.3, 0.4) is 0 Å². The van der Waals surface area contributed by atoms with Crippen molar-refractivity contribution in [1.29, 1.82) is 0 Å². The molecule has 6 nitrogen and oxygen atoms in total. The van der Waals surface area contributed by atoms with Crippen molar-refractivity contribution in [3.8, 4) is 16.9 Å². The molecule has 4 aromatic rings. The van der Waals surface area contributed by atoms with E-state index in [9.17, 15) is 13.6 Å². The molecular weight excluding hydrogens is 488 g/mol. The zero-order valence-corrected chi connectivity index (χ0v) is 20.8. The molecule has 3 heterocycles. The Balaban J connectivity index is 1.26. The minimum atomic E-state index is -0.889. The number of nitrogens with one attached hydrogen (secondary N) is 1. The van der Waals surface area contributed by atoms with Crippen LogP contribution in [0.5, 0.6) is 5.75 Å². The highest BCUT2D eigenvalue weighted by Crippen LogP contribution is 2.54. The van der Waals surface area contributed by atoms with Crippen LogP contribution in [0.1, 0.15) is 63.0 Å². The smallest absolute Gasteiger partial charge is 0.251 e. The zero-order valence-electron chi connectivity index (χ0n) is 20.8. The van der Waals surface area contributed by atoms with Crippen LogP contribution in [-0.2, 0) is 11.3 Å². The van der Waals surface area contributed by atoms with E-state index in [1.807, 2.05) is 38.1 Å². The van der Waals surface area contributed by atoms with Crippen LogP contribution in [0.4, 0.5) is 14.6 Å². The van der Waals surface area contributed by atoms with Crippen LogP contribution in [0.25, 0.3) is 11.1 Å². The third-order valence-electron chi connectivity index (χ3n) is 7.14. The van der Waals surface area contributed by atoms with Crippen LogP contribution in [0.2, 0.25) is 0 Å². The molecule has 0 saturated carbocycles. The number of nitrogen functional groups attached to an aromatic ring is 1. The molecule has 1 aromatic heterocycles. The molecule has 2 aliphatic heterocycles. The van der Waals surface area contributed by atoms with Crippen molar-refractivity contribution in [1.82, 2.24) is 10.3 Å². The second kappa shape index (κ2) is 9.22. The van der Waals surface area contributed by atoms with Gasteiger partial charge in [0.05, 0.1) is 6.61 Å². The normalized spacial score (nSPS) is 16.7. The maximum absolute atomic E-state index is 14.4. The van der Waals surface area contributed by atoms with Gasteiger partial charge in [-0.15, -0.1) is 0 Å². The monoisotopic (exact) mass is 513 g/mol. The first-order valence-corrected chi connectivity index (χ1v) is 12.4. The number of nitrogens with zero attached hydrogens (tertiary/aromatic N) is 1. The summed E-state index contributed by atoms with van der Waals surface area (Å²) in [7, 11) is 0. The van der Waals surface area contributed by atoms with Gasteiger partial charge in [0.1, 0.15) is 23.8 Å². The van der Waals surface area contributed by atoms with Gasteiger partial charge in [0, 0.05) is 35.0 Å². The van der Waals surface area contributed by atoms with Gasteiger partial charge < -0.3 is 20.5 Å². The summed E-state index contributed by atoms with van der Waals surface area (Å²) in [4.78, 5) is 17.4. The molecule has 0 spiro atoms. The SMILES string of the molecule is CCOc1cc(N)nc(C)c1CNC(=O)c1ccc2c(c1)C1OC2c2ccc(-c3cccc(F)c3F)cc21. The van der Waals surface area contributed by atoms with Crippen molar-refractivity contribution in [3.05, 3.63) is 111 Å². The number of carbonyl (C=O) groups excluding carboxylic acids is 1. The second-order valence-corrected chi connectivity index (χ2v) is 9.41. The highest BCUT2D eigenvalue weighted by Gasteiger charge is 2.43. The van der Waals surface area contributed by atoms with E-state index in [4.69, 9.17) is 15.2 Å². The number of fused-ring (bicyclic) bond motifs is 8. The number of hydrogen-bond donors (Lipinski definition) is 2. The maximum atomic E-state index is 14.4. The molecule has 0 saturated heterocycles. The summed E-state index contributed by atoms with van der Waals surface area (Å²) in [6.45, 7) is 4.40. The maximum Gasteiger partial charge on any atom is 0.251 e. The standard InChI is InChI=1S/C30H25F2N3O3/c1-3-37-25-13-26(33)35-15(2)23(25)14-34-30(36)17-8-10-20-22(12-17)29-21-11-16(7-9-19(21)28(20)38-29)18-5-4-6-24(31)27(18)32/h4-13,28-29H,3,14H2,1-2H3,(H2,33,35)(H,34,36). The van der Waals surface area contributed by atoms with E-state index in [1.54, 1.807) is 24.3 Å². The summed E-state index contributed by atoms with van der Waals surface area (Å²) in [5.41, 5.74) is 12.4. The van der Waals surface area contributed by atoms with Crippen molar-refractivity contribution in [2.45, 2.75) is 32.6 Å². The molecule has 2 atom stereocenters. The van der Waals surface area contributed by atoms with Crippen molar-refractivity contribution in [2.75, 3.05) is 12.3 Å². The number of aryl methyl sites for hydroxylation is 1. The Morgan fingerprint density at radius 1 is 1.03 bits per heavy atom. The number of halogens is 2. The Bertz CT molecular complexity index is 1600.